The van der Waals surface area contributed by atoms with Gasteiger partial charge in [0, 0.05) is 31.8 Å². The molecule has 2 rings (SSSR count). The van der Waals surface area contributed by atoms with Crippen molar-refractivity contribution in [2.24, 2.45) is 0 Å². The largest absolute Gasteiger partial charge is 0.397 e. The Bertz CT molecular complexity index is 484. The molecule has 0 spiro atoms. The third kappa shape index (κ3) is 3.88. The molecule has 1 aromatic carbocycles. The van der Waals surface area contributed by atoms with Crippen LogP contribution in [0.5, 0.6) is 0 Å². The maximum absolute atomic E-state index is 12.0. The number of ether oxygens (including phenoxy) is 1. The number of carbonyl (C=O) groups is 1. The van der Waals surface area contributed by atoms with Gasteiger partial charge in [-0.25, -0.2) is 0 Å². The molecule has 0 aromatic heterocycles. The van der Waals surface area contributed by atoms with Crippen LogP contribution in [0, 0.1) is 0 Å². The summed E-state index contributed by atoms with van der Waals surface area (Å²) in [5.74, 6) is -0.0630. The SMILES string of the molecule is CCNC(=O)c1ccc(N)c(N(CC)CC2CCCO2)c1. The first-order chi connectivity index (χ1) is 10.2. The summed E-state index contributed by atoms with van der Waals surface area (Å²) in [6.45, 7) is 7.12. The van der Waals surface area contributed by atoms with E-state index in [4.69, 9.17) is 10.5 Å². The van der Waals surface area contributed by atoms with Gasteiger partial charge in [-0.2, -0.15) is 0 Å². The highest BCUT2D eigenvalue weighted by molar-refractivity contribution is 5.96. The number of hydrogen-bond acceptors (Lipinski definition) is 4. The Morgan fingerprint density at radius 3 is 2.90 bits per heavy atom. The molecule has 1 saturated heterocycles. The van der Waals surface area contributed by atoms with Gasteiger partial charge in [0.2, 0.25) is 0 Å². The average molecular weight is 291 g/mol. The first-order valence-electron chi connectivity index (χ1n) is 7.70. The molecule has 0 bridgehead atoms. The predicted molar refractivity (Wildman–Crippen MR) is 85.7 cm³/mol. The fourth-order valence-electron chi connectivity index (χ4n) is 2.65. The lowest BCUT2D eigenvalue weighted by atomic mass is 10.1. The Hall–Kier alpha value is -1.75. The van der Waals surface area contributed by atoms with Gasteiger partial charge in [0.15, 0.2) is 0 Å². The van der Waals surface area contributed by atoms with Crippen LogP contribution in [0.25, 0.3) is 0 Å². The number of nitrogens with two attached hydrogens (primary N) is 1. The number of nitrogen functional groups attached to an aromatic ring is 1. The summed E-state index contributed by atoms with van der Waals surface area (Å²) in [6.07, 6.45) is 2.47. The Labute approximate surface area is 126 Å². The number of hydrogen-bond donors (Lipinski definition) is 2. The third-order valence-corrected chi connectivity index (χ3v) is 3.80. The number of rotatable bonds is 6. The number of carbonyl (C=O) groups excluding carboxylic acids is 1. The molecule has 0 aliphatic carbocycles. The van der Waals surface area contributed by atoms with Crippen LogP contribution in [-0.2, 0) is 4.74 Å². The smallest absolute Gasteiger partial charge is 0.251 e. The van der Waals surface area contributed by atoms with Crippen LogP contribution in [0.4, 0.5) is 11.4 Å². The summed E-state index contributed by atoms with van der Waals surface area (Å²) in [5.41, 5.74) is 8.36. The van der Waals surface area contributed by atoms with Crippen molar-refractivity contribution in [1.82, 2.24) is 5.32 Å². The molecule has 5 nitrogen and oxygen atoms in total. The second-order valence-electron chi connectivity index (χ2n) is 5.31. The van der Waals surface area contributed by atoms with Gasteiger partial charge in [-0.3, -0.25) is 4.79 Å². The third-order valence-electron chi connectivity index (χ3n) is 3.80. The number of amides is 1. The van der Waals surface area contributed by atoms with Gasteiger partial charge >= 0.3 is 0 Å². The van der Waals surface area contributed by atoms with E-state index in [1.807, 2.05) is 13.0 Å². The highest BCUT2D eigenvalue weighted by Crippen LogP contribution is 2.26. The zero-order chi connectivity index (χ0) is 15.2. The Morgan fingerprint density at radius 2 is 2.29 bits per heavy atom. The molecule has 1 amide bonds. The number of nitrogens with one attached hydrogen (secondary N) is 1. The summed E-state index contributed by atoms with van der Waals surface area (Å²) in [4.78, 5) is 14.2. The normalized spacial score (nSPS) is 17.7. The molecule has 1 heterocycles. The first-order valence-corrected chi connectivity index (χ1v) is 7.70. The fraction of sp³-hybridized carbons (Fsp3) is 0.562. The second kappa shape index (κ2) is 7.31. The summed E-state index contributed by atoms with van der Waals surface area (Å²) < 4.78 is 5.70. The number of anilines is 2. The lowest BCUT2D eigenvalue weighted by molar-refractivity contribution is 0.0956. The molecular formula is C16H25N3O2. The van der Waals surface area contributed by atoms with Crippen LogP contribution in [0.2, 0.25) is 0 Å². The molecule has 21 heavy (non-hydrogen) atoms. The van der Waals surface area contributed by atoms with E-state index in [2.05, 4.69) is 17.1 Å². The standard InChI is InChI=1S/C16H25N3O2/c1-3-18-16(20)12-7-8-14(17)15(10-12)19(4-2)11-13-6-5-9-21-13/h7-8,10,13H,3-6,9,11,17H2,1-2H3,(H,18,20). The van der Waals surface area contributed by atoms with Crippen molar-refractivity contribution in [3.63, 3.8) is 0 Å². The summed E-state index contributed by atoms with van der Waals surface area (Å²) in [5, 5.41) is 2.82. The van der Waals surface area contributed by atoms with Gasteiger partial charge in [-0.1, -0.05) is 0 Å². The minimum absolute atomic E-state index is 0.0630. The van der Waals surface area contributed by atoms with E-state index in [0.717, 1.165) is 38.2 Å². The van der Waals surface area contributed by atoms with Crippen LogP contribution in [-0.4, -0.2) is 38.3 Å². The maximum atomic E-state index is 12.0. The van der Waals surface area contributed by atoms with Crippen LogP contribution in [0.1, 0.15) is 37.0 Å². The molecule has 1 aromatic rings. The van der Waals surface area contributed by atoms with E-state index >= 15 is 0 Å². The molecule has 116 valence electrons. The topological polar surface area (TPSA) is 67.6 Å². The lowest BCUT2D eigenvalue weighted by Gasteiger charge is -2.27. The lowest BCUT2D eigenvalue weighted by Crippen LogP contribution is -2.33. The van der Waals surface area contributed by atoms with E-state index < -0.39 is 0 Å². The number of likely N-dealkylation sites (N-methyl/N-ethyl adjacent to an activating group) is 1. The predicted octanol–water partition coefficient (Wildman–Crippen LogP) is 2.02. The van der Waals surface area contributed by atoms with E-state index in [1.54, 1.807) is 12.1 Å². The average Bonchev–Trinajstić information content (AvgIpc) is 2.99. The molecule has 0 saturated carbocycles. The summed E-state index contributed by atoms with van der Waals surface area (Å²) >= 11 is 0. The zero-order valence-corrected chi connectivity index (χ0v) is 12.9. The van der Waals surface area contributed by atoms with Crippen LogP contribution < -0.4 is 16.0 Å². The highest BCUT2D eigenvalue weighted by atomic mass is 16.5. The van der Waals surface area contributed by atoms with Crippen molar-refractivity contribution in [1.29, 1.82) is 0 Å². The van der Waals surface area contributed by atoms with Crippen molar-refractivity contribution < 1.29 is 9.53 Å². The zero-order valence-electron chi connectivity index (χ0n) is 12.9. The number of benzene rings is 1. The molecule has 3 N–H and O–H groups in total. The molecule has 1 aliphatic heterocycles. The van der Waals surface area contributed by atoms with E-state index in [9.17, 15) is 4.79 Å². The van der Waals surface area contributed by atoms with Crippen molar-refractivity contribution in [2.75, 3.05) is 36.9 Å². The van der Waals surface area contributed by atoms with E-state index in [0.29, 0.717) is 17.8 Å². The van der Waals surface area contributed by atoms with Crippen LogP contribution in [0.15, 0.2) is 18.2 Å². The van der Waals surface area contributed by atoms with Gasteiger partial charge in [-0.15, -0.1) is 0 Å². The monoisotopic (exact) mass is 291 g/mol. The molecule has 1 unspecified atom stereocenters. The Morgan fingerprint density at radius 1 is 1.48 bits per heavy atom. The van der Waals surface area contributed by atoms with Crippen molar-refractivity contribution >= 4 is 17.3 Å². The molecule has 1 aliphatic rings. The van der Waals surface area contributed by atoms with Crippen molar-refractivity contribution in [3.8, 4) is 0 Å². The van der Waals surface area contributed by atoms with Gasteiger partial charge < -0.3 is 20.7 Å². The highest BCUT2D eigenvalue weighted by Gasteiger charge is 2.20. The van der Waals surface area contributed by atoms with Crippen LogP contribution in [0.3, 0.4) is 0 Å². The minimum Gasteiger partial charge on any atom is -0.397 e. The van der Waals surface area contributed by atoms with Gasteiger partial charge in [0.25, 0.3) is 5.91 Å². The first kappa shape index (κ1) is 15.6. The van der Waals surface area contributed by atoms with Crippen molar-refractivity contribution in [2.45, 2.75) is 32.8 Å². The van der Waals surface area contributed by atoms with Crippen LogP contribution >= 0.6 is 0 Å². The number of nitrogens with zero attached hydrogens (tertiary/aromatic N) is 1. The quantitative estimate of drug-likeness (QED) is 0.787. The Kier molecular flexibility index (Phi) is 5.44. The van der Waals surface area contributed by atoms with Gasteiger partial charge in [0.1, 0.15) is 0 Å². The fourth-order valence-corrected chi connectivity index (χ4v) is 2.65. The van der Waals surface area contributed by atoms with E-state index in [-0.39, 0.29) is 12.0 Å². The molecular weight excluding hydrogens is 266 g/mol. The van der Waals surface area contributed by atoms with Crippen molar-refractivity contribution in [3.05, 3.63) is 23.8 Å². The molecule has 1 atom stereocenters. The summed E-state index contributed by atoms with van der Waals surface area (Å²) in [7, 11) is 0. The van der Waals surface area contributed by atoms with Gasteiger partial charge in [-0.05, 0) is 44.9 Å². The van der Waals surface area contributed by atoms with Gasteiger partial charge in [0.05, 0.1) is 17.5 Å². The second-order valence-corrected chi connectivity index (χ2v) is 5.31. The summed E-state index contributed by atoms with van der Waals surface area (Å²) in [6, 6.07) is 5.45. The minimum atomic E-state index is -0.0630. The molecule has 1 fully saturated rings. The molecule has 0 radical (unpaired) electrons. The maximum Gasteiger partial charge on any atom is 0.251 e. The van der Waals surface area contributed by atoms with E-state index in [1.165, 1.54) is 0 Å². The Balaban J connectivity index is 2.18. The molecule has 5 heteroatoms.